The third kappa shape index (κ3) is 4.23. The fourth-order valence-electron chi connectivity index (χ4n) is 2.66. The van der Waals surface area contributed by atoms with Gasteiger partial charge in [0, 0.05) is 26.4 Å². The Kier molecular flexibility index (Phi) is 5.37. The minimum absolute atomic E-state index is 0.0201. The molecule has 0 fully saturated rings. The van der Waals surface area contributed by atoms with Crippen LogP contribution in [0.25, 0.3) is 11.3 Å². The molecule has 0 bridgehead atoms. The topological polar surface area (TPSA) is 73.6 Å². The van der Waals surface area contributed by atoms with Crippen molar-refractivity contribution in [1.29, 1.82) is 0 Å². The van der Waals surface area contributed by atoms with Crippen LogP contribution in [-0.4, -0.2) is 24.1 Å². The van der Waals surface area contributed by atoms with E-state index >= 15 is 0 Å². The number of rotatable bonds is 6. The fourth-order valence-corrected chi connectivity index (χ4v) is 3.60. The zero-order chi connectivity index (χ0) is 19.6. The van der Waals surface area contributed by atoms with Crippen molar-refractivity contribution in [3.05, 3.63) is 69.1 Å². The summed E-state index contributed by atoms with van der Waals surface area (Å²) in [5.41, 5.74) is 1.91. The van der Waals surface area contributed by atoms with Crippen molar-refractivity contribution in [1.82, 2.24) is 0 Å². The number of carbonyl (C=O) groups excluding carboxylic acids is 3. The Morgan fingerprint density at radius 3 is 2.33 bits per heavy atom. The quantitative estimate of drug-likeness (QED) is 0.449. The van der Waals surface area contributed by atoms with Crippen LogP contribution >= 0.6 is 11.3 Å². The molecule has 6 heteroatoms. The minimum Gasteiger partial charge on any atom is -0.451 e. The van der Waals surface area contributed by atoms with Gasteiger partial charge in [-0.25, -0.2) is 4.79 Å². The summed E-state index contributed by atoms with van der Waals surface area (Å²) in [6.45, 7) is 4.95. The van der Waals surface area contributed by atoms with E-state index in [1.807, 2.05) is 13.8 Å². The van der Waals surface area contributed by atoms with Gasteiger partial charge in [-0.05, 0) is 39.0 Å². The molecule has 138 valence electrons. The third-order valence-corrected chi connectivity index (χ3v) is 5.02. The molecular weight excluding hydrogens is 364 g/mol. The molecule has 27 heavy (non-hydrogen) atoms. The lowest BCUT2D eigenvalue weighted by Crippen LogP contribution is -2.14. The molecule has 3 aromatic rings. The molecule has 0 saturated heterocycles. The third-order valence-electron chi connectivity index (χ3n) is 4.06. The second-order valence-corrected chi connectivity index (χ2v) is 7.58. The van der Waals surface area contributed by atoms with Crippen LogP contribution in [0, 0.1) is 13.8 Å². The number of hydrogen-bond donors (Lipinski definition) is 0. The van der Waals surface area contributed by atoms with Crippen LogP contribution < -0.4 is 0 Å². The van der Waals surface area contributed by atoms with Gasteiger partial charge in [-0.3, -0.25) is 9.59 Å². The first-order valence-corrected chi connectivity index (χ1v) is 9.15. The van der Waals surface area contributed by atoms with E-state index in [-0.39, 0.29) is 23.9 Å². The monoisotopic (exact) mass is 382 g/mol. The van der Waals surface area contributed by atoms with Gasteiger partial charge in [0.05, 0.1) is 0 Å². The zero-order valence-electron chi connectivity index (χ0n) is 15.2. The molecule has 0 aliphatic rings. The van der Waals surface area contributed by atoms with Gasteiger partial charge < -0.3 is 9.15 Å². The highest BCUT2D eigenvalue weighted by molar-refractivity contribution is 7.12. The fraction of sp³-hybridized carbons (Fsp3) is 0.190. The summed E-state index contributed by atoms with van der Waals surface area (Å²) in [6, 6.07) is 11.8. The van der Waals surface area contributed by atoms with E-state index in [2.05, 4.69) is 0 Å². The van der Waals surface area contributed by atoms with E-state index in [0.717, 1.165) is 15.3 Å². The highest BCUT2D eigenvalue weighted by Crippen LogP contribution is 2.24. The summed E-state index contributed by atoms with van der Waals surface area (Å²) in [7, 11) is 0. The Labute approximate surface area is 160 Å². The van der Waals surface area contributed by atoms with Crippen molar-refractivity contribution in [3.8, 4) is 11.3 Å². The normalized spacial score (nSPS) is 10.6. The number of Topliss-reactive ketones (excluding diaryl/α,β-unsaturated/α-hetero) is 2. The standard InChI is InChI=1S/C21H18O5S/c1-12-10-17(14(3)27-12)18(23)11-25-21(24)20-9-8-19(26-20)16-6-4-15(5-7-16)13(2)22/h4-10H,11H2,1-3H3. The first kappa shape index (κ1) is 18.8. The maximum Gasteiger partial charge on any atom is 0.374 e. The van der Waals surface area contributed by atoms with E-state index < -0.39 is 5.97 Å². The number of benzene rings is 1. The molecule has 0 saturated carbocycles. The van der Waals surface area contributed by atoms with Gasteiger partial charge >= 0.3 is 5.97 Å². The van der Waals surface area contributed by atoms with Crippen LogP contribution in [0.4, 0.5) is 0 Å². The van der Waals surface area contributed by atoms with Crippen molar-refractivity contribution >= 4 is 28.9 Å². The average molecular weight is 382 g/mol. The number of thiophene rings is 1. The maximum atomic E-state index is 12.2. The zero-order valence-corrected chi connectivity index (χ0v) is 16.0. The van der Waals surface area contributed by atoms with Crippen molar-refractivity contribution in [3.63, 3.8) is 0 Å². The van der Waals surface area contributed by atoms with Crippen molar-refractivity contribution in [2.75, 3.05) is 6.61 Å². The molecule has 0 radical (unpaired) electrons. The lowest BCUT2D eigenvalue weighted by atomic mass is 10.1. The van der Waals surface area contributed by atoms with E-state index in [1.165, 1.54) is 24.3 Å². The van der Waals surface area contributed by atoms with E-state index in [1.54, 1.807) is 36.4 Å². The summed E-state index contributed by atoms with van der Waals surface area (Å²) >= 11 is 1.53. The van der Waals surface area contributed by atoms with Gasteiger partial charge in [0.1, 0.15) is 5.76 Å². The Morgan fingerprint density at radius 1 is 1.04 bits per heavy atom. The second-order valence-electron chi connectivity index (χ2n) is 6.12. The summed E-state index contributed by atoms with van der Waals surface area (Å²) in [6.07, 6.45) is 0. The predicted molar refractivity (Wildman–Crippen MR) is 103 cm³/mol. The van der Waals surface area contributed by atoms with Gasteiger partial charge in [0.15, 0.2) is 12.4 Å². The number of ketones is 2. The predicted octanol–water partition coefficient (Wildman–Crippen LogP) is 4.87. The van der Waals surface area contributed by atoms with Crippen molar-refractivity contribution < 1.29 is 23.5 Å². The smallest absolute Gasteiger partial charge is 0.374 e. The number of hydrogen-bond acceptors (Lipinski definition) is 6. The average Bonchev–Trinajstić information content (AvgIpc) is 3.26. The van der Waals surface area contributed by atoms with Crippen LogP contribution in [0.15, 0.2) is 46.9 Å². The molecule has 0 aliphatic heterocycles. The first-order chi connectivity index (χ1) is 12.8. The number of aryl methyl sites for hydroxylation is 2. The van der Waals surface area contributed by atoms with E-state index in [0.29, 0.717) is 16.9 Å². The Bertz CT molecular complexity index is 1010. The van der Waals surface area contributed by atoms with Crippen LogP contribution in [0.1, 0.15) is 47.9 Å². The van der Waals surface area contributed by atoms with Crippen LogP contribution in [0.5, 0.6) is 0 Å². The lowest BCUT2D eigenvalue weighted by Gasteiger charge is -2.02. The van der Waals surface area contributed by atoms with Gasteiger partial charge in [0.2, 0.25) is 11.5 Å². The molecule has 2 aromatic heterocycles. The second kappa shape index (κ2) is 7.72. The lowest BCUT2D eigenvalue weighted by molar-refractivity contribution is 0.0445. The number of carbonyl (C=O) groups is 3. The van der Waals surface area contributed by atoms with Crippen LogP contribution in [0.3, 0.4) is 0 Å². The summed E-state index contributed by atoms with van der Waals surface area (Å²) in [5, 5.41) is 0. The molecule has 1 aromatic carbocycles. The first-order valence-electron chi connectivity index (χ1n) is 8.33. The highest BCUT2D eigenvalue weighted by atomic mass is 32.1. The summed E-state index contributed by atoms with van der Waals surface area (Å²) in [4.78, 5) is 37.6. The van der Waals surface area contributed by atoms with Gasteiger partial charge in [-0.2, -0.15) is 0 Å². The maximum absolute atomic E-state index is 12.2. The van der Waals surface area contributed by atoms with Crippen molar-refractivity contribution in [2.45, 2.75) is 20.8 Å². The molecule has 0 spiro atoms. The van der Waals surface area contributed by atoms with Crippen LogP contribution in [0.2, 0.25) is 0 Å². The SMILES string of the molecule is CC(=O)c1ccc(-c2ccc(C(=O)OCC(=O)c3cc(C)sc3C)o2)cc1. The summed E-state index contributed by atoms with van der Waals surface area (Å²) < 4.78 is 10.6. The Morgan fingerprint density at radius 2 is 1.74 bits per heavy atom. The molecule has 0 atom stereocenters. The highest BCUT2D eigenvalue weighted by Gasteiger charge is 2.18. The molecule has 2 heterocycles. The minimum atomic E-state index is -0.695. The van der Waals surface area contributed by atoms with Gasteiger partial charge in [0.25, 0.3) is 0 Å². The number of ether oxygens (including phenoxy) is 1. The molecular formula is C21H18O5S. The van der Waals surface area contributed by atoms with Crippen LogP contribution in [-0.2, 0) is 4.74 Å². The molecule has 0 N–H and O–H groups in total. The van der Waals surface area contributed by atoms with Gasteiger partial charge in [-0.1, -0.05) is 24.3 Å². The molecule has 0 amide bonds. The van der Waals surface area contributed by atoms with E-state index in [9.17, 15) is 14.4 Å². The molecule has 3 rings (SSSR count). The molecule has 0 unspecified atom stereocenters. The van der Waals surface area contributed by atoms with Gasteiger partial charge in [-0.15, -0.1) is 11.3 Å². The number of furan rings is 1. The Hall–Kier alpha value is -2.99. The van der Waals surface area contributed by atoms with Crippen molar-refractivity contribution in [2.24, 2.45) is 0 Å². The number of esters is 1. The summed E-state index contributed by atoms with van der Waals surface area (Å²) in [5.74, 6) is -0.457. The molecule has 0 aliphatic carbocycles. The molecule has 5 nitrogen and oxygen atoms in total. The largest absolute Gasteiger partial charge is 0.451 e. The Balaban J connectivity index is 1.65. The van der Waals surface area contributed by atoms with E-state index in [4.69, 9.17) is 9.15 Å².